The maximum absolute atomic E-state index is 12.1. The minimum Gasteiger partial charge on any atom is -0.384 e. The van der Waals surface area contributed by atoms with Crippen molar-refractivity contribution in [3.05, 3.63) is 12.3 Å². The summed E-state index contributed by atoms with van der Waals surface area (Å²) in [6.45, 7) is 2.28. The molecular weight excluding hydrogens is 272 g/mol. The highest BCUT2D eigenvalue weighted by Gasteiger charge is 2.34. The number of aromatic nitrogens is 2. The Labute approximate surface area is 111 Å². The number of hydrogen-bond donors (Lipinski definition) is 1. The van der Waals surface area contributed by atoms with Crippen LogP contribution in [0.3, 0.4) is 0 Å². The van der Waals surface area contributed by atoms with E-state index in [4.69, 9.17) is 5.73 Å². The molecule has 0 radical (unpaired) electrons. The Morgan fingerprint density at radius 3 is 3.06 bits per heavy atom. The van der Waals surface area contributed by atoms with Gasteiger partial charge in [0, 0.05) is 30.0 Å². The Morgan fingerprint density at radius 1 is 1.61 bits per heavy atom. The Hall–Kier alpha value is -1.02. The van der Waals surface area contributed by atoms with Gasteiger partial charge in [0.05, 0.1) is 0 Å². The second-order valence-electron chi connectivity index (χ2n) is 3.96. The first-order valence-electron chi connectivity index (χ1n) is 5.69. The van der Waals surface area contributed by atoms with Crippen LogP contribution in [0.15, 0.2) is 12.3 Å². The molecule has 1 aliphatic rings. The van der Waals surface area contributed by atoms with Gasteiger partial charge in [-0.25, -0.2) is 13.4 Å². The molecule has 2 heterocycles. The van der Waals surface area contributed by atoms with E-state index >= 15 is 0 Å². The Bertz CT molecular complexity index is 520. The standard InChI is InChI=1S/C10H16N4O2S2/c1-2-18(15,16)9-7-17-6-5-14(9)10-12-4-3-8(11)13-10/h3-4,9H,2,5-7H2,1H3,(H2,11,12,13). The first-order chi connectivity index (χ1) is 8.54. The van der Waals surface area contributed by atoms with Crippen molar-refractivity contribution in [1.82, 2.24) is 9.97 Å². The number of nitrogens with two attached hydrogens (primary N) is 1. The van der Waals surface area contributed by atoms with E-state index in [1.165, 1.54) is 0 Å². The van der Waals surface area contributed by atoms with E-state index in [9.17, 15) is 8.42 Å². The molecule has 2 N–H and O–H groups in total. The van der Waals surface area contributed by atoms with Crippen molar-refractivity contribution in [1.29, 1.82) is 0 Å². The van der Waals surface area contributed by atoms with E-state index in [0.29, 0.717) is 24.1 Å². The van der Waals surface area contributed by atoms with Crippen LogP contribution < -0.4 is 10.6 Å². The molecule has 2 rings (SSSR count). The highest BCUT2D eigenvalue weighted by molar-refractivity contribution is 8.01. The fraction of sp³-hybridized carbons (Fsp3) is 0.600. The molecule has 8 heteroatoms. The zero-order valence-electron chi connectivity index (χ0n) is 10.1. The molecule has 1 saturated heterocycles. The number of nitrogen functional groups attached to an aromatic ring is 1. The Kier molecular flexibility index (Phi) is 3.96. The van der Waals surface area contributed by atoms with Crippen molar-refractivity contribution >= 4 is 33.4 Å². The van der Waals surface area contributed by atoms with Gasteiger partial charge in [0.1, 0.15) is 11.2 Å². The number of hydrogen-bond acceptors (Lipinski definition) is 7. The number of sulfone groups is 1. The fourth-order valence-corrected chi connectivity index (χ4v) is 4.76. The van der Waals surface area contributed by atoms with Gasteiger partial charge in [-0.2, -0.15) is 16.7 Å². The lowest BCUT2D eigenvalue weighted by atomic mass is 10.5. The SMILES string of the molecule is CCS(=O)(=O)C1CSCCN1c1nccc(N)n1. The predicted octanol–water partition coefficient (Wildman–Crippen LogP) is 0.373. The van der Waals surface area contributed by atoms with Crippen molar-refractivity contribution in [2.75, 3.05) is 34.4 Å². The third-order valence-corrected chi connectivity index (χ3v) is 6.11. The van der Waals surface area contributed by atoms with E-state index in [1.54, 1.807) is 35.8 Å². The molecule has 0 spiro atoms. The molecule has 0 aliphatic carbocycles. The van der Waals surface area contributed by atoms with Gasteiger partial charge in [-0.3, -0.25) is 0 Å². The van der Waals surface area contributed by atoms with Crippen LogP contribution >= 0.6 is 11.8 Å². The van der Waals surface area contributed by atoms with E-state index in [1.807, 2.05) is 0 Å². The quantitative estimate of drug-likeness (QED) is 0.859. The van der Waals surface area contributed by atoms with Crippen LogP contribution in [0.2, 0.25) is 0 Å². The first kappa shape index (κ1) is 13.4. The maximum atomic E-state index is 12.1. The highest BCUT2D eigenvalue weighted by Crippen LogP contribution is 2.25. The van der Waals surface area contributed by atoms with Gasteiger partial charge in [0.2, 0.25) is 5.95 Å². The average molecular weight is 288 g/mol. The van der Waals surface area contributed by atoms with E-state index < -0.39 is 15.2 Å². The zero-order chi connectivity index (χ0) is 13.2. The summed E-state index contributed by atoms with van der Waals surface area (Å²) in [5, 5.41) is -0.553. The molecule has 0 amide bonds. The summed E-state index contributed by atoms with van der Waals surface area (Å²) in [7, 11) is -3.15. The van der Waals surface area contributed by atoms with E-state index in [2.05, 4.69) is 9.97 Å². The second-order valence-corrected chi connectivity index (χ2v) is 7.55. The molecule has 0 bridgehead atoms. The molecule has 0 saturated carbocycles. The lowest BCUT2D eigenvalue weighted by Gasteiger charge is -2.34. The summed E-state index contributed by atoms with van der Waals surface area (Å²) in [4.78, 5) is 9.98. The van der Waals surface area contributed by atoms with Crippen LogP contribution in [0.25, 0.3) is 0 Å². The van der Waals surface area contributed by atoms with Crippen LogP contribution in [-0.2, 0) is 9.84 Å². The van der Waals surface area contributed by atoms with Gasteiger partial charge >= 0.3 is 0 Å². The monoisotopic (exact) mass is 288 g/mol. The van der Waals surface area contributed by atoms with Crippen molar-refractivity contribution in [3.8, 4) is 0 Å². The lowest BCUT2D eigenvalue weighted by Crippen LogP contribution is -2.48. The van der Waals surface area contributed by atoms with Gasteiger partial charge in [-0.05, 0) is 6.07 Å². The van der Waals surface area contributed by atoms with Gasteiger partial charge in [0.15, 0.2) is 9.84 Å². The number of anilines is 2. The maximum Gasteiger partial charge on any atom is 0.228 e. The fourth-order valence-electron chi connectivity index (χ4n) is 1.80. The second kappa shape index (κ2) is 5.31. The minimum absolute atomic E-state index is 0.122. The van der Waals surface area contributed by atoms with Crippen molar-refractivity contribution in [2.24, 2.45) is 0 Å². The van der Waals surface area contributed by atoms with Crippen molar-refractivity contribution in [2.45, 2.75) is 12.3 Å². The summed E-state index contributed by atoms with van der Waals surface area (Å²) >= 11 is 1.64. The van der Waals surface area contributed by atoms with Crippen LogP contribution in [0.1, 0.15) is 6.92 Å². The molecule has 6 nitrogen and oxygen atoms in total. The zero-order valence-corrected chi connectivity index (χ0v) is 11.7. The smallest absolute Gasteiger partial charge is 0.228 e. The average Bonchev–Trinajstić information content (AvgIpc) is 2.39. The Balaban J connectivity index is 2.34. The van der Waals surface area contributed by atoms with Gasteiger partial charge < -0.3 is 10.6 Å². The predicted molar refractivity (Wildman–Crippen MR) is 74.4 cm³/mol. The molecule has 1 fully saturated rings. The van der Waals surface area contributed by atoms with Crippen LogP contribution in [0, 0.1) is 0 Å². The molecule has 1 aliphatic heterocycles. The van der Waals surface area contributed by atoms with E-state index in [-0.39, 0.29) is 5.75 Å². The van der Waals surface area contributed by atoms with Crippen LogP contribution in [-0.4, -0.2) is 47.6 Å². The summed E-state index contributed by atoms with van der Waals surface area (Å²) < 4.78 is 24.2. The summed E-state index contributed by atoms with van der Waals surface area (Å²) in [6.07, 6.45) is 1.55. The normalized spacial score (nSPS) is 20.9. The largest absolute Gasteiger partial charge is 0.384 e. The number of rotatable bonds is 3. The first-order valence-corrected chi connectivity index (χ1v) is 8.56. The summed E-state index contributed by atoms with van der Waals surface area (Å²) in [5.41, 5.74) is 5.62. The van der Waals surface area contributed by atoms with Crippen LogP contribution in [0.4, 0.5) is 11.8 Å². The molecule has 1 aromatic heterocycles. The highest BCUT2D eigenvalue weighted by atomic mass is 32.2. The van der Waals surface area contributed by atoms with Gasteiger partial charge in [-0.1, -0.05) is 6.92 Å². The van der Waals surface area contributed by atoms with E-state index in [0.717, 1.165) is 5.75 Å². The lowest BCUT2D eigenvalue weighted by molar-refractivity contribution is 0.578. The summed E-state index contributed by atoms with van der Waals surface area (Å²) in [6, 6.07) is 1.59. The van der Waals surface area contributed by atoms with Gasteiger partial charge in [-0.15, -0.1) is 0 Å². The Morgan fingerprint density at radius 2 is 2.39 bits per heavy atom. The molecule has 100 valence electrons. The molecule has 1 aromatic rings. The third kappa shape index (κ3) is 2.69. The molecule has 1 unspecified atom stereocenters. The summed E-state index contributed by atoms with van der Waals surface area (Å²) in [5.74, 6) is 2.29. The minimum atomic E-state index is -3.15. The number of thioether (sulfide) groups is 1. The van der Waals surface area contributed by atoms with Gasteiger partial charge in [0.25, 0.3) is 0 Å². The van der Waals surface area contributed by atoms with Crippen LogP contribution in [0.5, 0.6) is 0 Å². The molecule has 18 heavy (non-hydrogen) atoms. The molecule has 0 aromatic carbocycles. The third-order valence-electron chi connectivity index (χ3n) is 2.82. The van der Waals surface area contributed by atoms with Crippen molar-refractivity contribution < 1.29 is 8.42 Å². The number of nitrogens with zero attached hydrogens (tertiary/aromatic N) is 3. The molecule has 1 atom stereocenters. The topological polar surface area (TPSA) is 89.2 Å². The van der Waals surface area contributed by atoms with Crippen molar-refractivity contribution in [3.63, 3.8) is 0 Å². The molecular formula is C10H16N4O2S2.